The van der Waals surface area contributed by atoms with Crippen LogP contribution in [0.5, 0.6) is 0 Å². The molecule has 5 heteroatoms. The second-order valence-corrected chi connectivity index (χ2v) is 5.84. The van der Waals surface area contributed by atoms with E-state index in [0.29, 0.717) is 19.5 Å². The van der Waals surface area contributed by atoms with Crippen LogP contribution in [0.25, 0.3) is 0 Å². The third-order valence-corrected chi connectivity index (χ3v) is 4.03. The van der Waals surface area contributed by atoms with Crippen molar-refractivity contribution in [2.75, 3.05) is 13.7 Å². The average Bonchev–Trinajstić information content (AvgIpc) is 2.73. The number of aliphatic hydroxyl groups excluding tert-OH is 1. The van der Waals surface area contributed by atoms with Gasteiger partial charge in [0, 0.05) is 24.0 Å². The highest BCUT2D eigenvalue weighted by Crippen LogP contribution is 2.24. The van der Waals surface area contributed by atoms with Gasteiger partial charge in [-0.3, -0.25) is 9.69 Å². The van der Waals surface area contributed by atoms with Gasteiger partial charge in [-0.2, -0.15) is 0 Å². The highest BCUT2D eigenvalue weighted by atomic mass is 79.9. The number of aliphatic hydroxyl groups is 1. The monoisotopic (exact) mass is 327 g/mol. The van der Waals surface area contributed by atoms with Crippen molar-refractivity contribution in [1.82, 2.24) is 4.90 Å². The van der Waals surface area contributed by atoms with Crippen molar-refractivity contribution in [3.05, 3.63) is 33.8 Å². The van der Waals surface area contributed by atoms with E-state index in [-0.39, 0.29) is 12.0 Å². The Bertz CT molecular complexity index is 478. The summed E-state index contributed by atoms with van der Waals surface area (Å²) in [4.78, 5) is 13.7. The molecule has 104 valence electrons. The normalized spacial score (nSPS) is 23.6. The number of hydrogen-bond acceptors (Lipinski definition) is 4. The van der Waals surface area contributed by atoms with Crippen molar-refractivity contribution in [3.63, 3.8) is 0 Å². The molecule has 2 rings (SSSR count). The zero-order valence-electron chi connectivity index (χ0n) is 11.1. The molecule has 0 spiro atoms. The molecule has 19 heavy (non-hydrogen) atoms. The Kier molecular flexibility index (Phi) is 4.60. The Labute approximate surface area is 121 Å². The van der Waals surface area contributed by atoms with E-state index in [1.807, 2.05) is 24.0 Å². The van der Waals surface area contributed by atoms with E-state index >= 15 is 0 Å². The summed E-state index contributed by atoms with van der Waals surface area (Å²) in [7, 11) is 1.39. The summed E-state index contributed by atoms with van der Waals surface area (Å²) in [6.07, 6.45) is -0.0118. The number of rotatable bonds is 3. The van der Waals surface area contributed by atoms with Crippen molar-refractivity contribution >= 4 is 21.9 Å². The first kappa shape index (κ1) is 14.5. The number of benzene rings is 1. The predicted octanol–water partition coefficient (Wildman–Crippen LogP) is 1.87. The van der Waals surface area contributed by atoms with E-state index in [1.54, 1.807) is 0 Å². The molecule has 1 fully saturated rings. The van der Waals surface area contributed by atoms with Gasteiger partial charge in [-0.15, -0.1) is 0 Å². The van der Waals surface area contributed by atoms with Crippen molar-refractivity contribution in [2.45, 2.75) is 32.0 Å². The summed E-state index contributed by atoms with van der Waals surface area (Å²) in [5, 5.41) is 9.75. The average molecular weight is 328 g/mol. The van der Waals surface area contributed by atoms with E-state index in [2.05, 4.69) is 22.0 Å². The zero-order valence-corrected chi connectivity index (χ0v) is 12.7. The van der Waals surface area contributed by atoms with Crippen molar-refractivity contribution in [2.24, 2.45) is 0 Å². The Morgan fingerprint density at radius 2 is 2.32 bits per heavy atom. The summed E-state index contributed by atoms with van der Waals surface area (Å²) in [5.74, 6) is -0.272. The minimum absolute atomic E-state index is 0.272. The maximum absolute atomic E-state index is 11.7. The van der Waals surface area contributed by atoms with Gasteiger partial charge in [0.2, 0.25) is 0 Å². The highest BCUT2D eigenvalue weighted by molar-refractivity contribution is 9.10. The second-order valence-electron chi connectivity index (χ2n) is 4.93. The molecule has 0 radical (unpaired) electrons. The molecular formula is C14H18BrNO3. The molecule has 1 aromatic rings. The number of halogens is 1. The number of carbonyl (C=O) groups excluding carboxylic acids is 1. The van der Waals surface area contributed by atoms with Crippen molar-refractivity contribution in [1.29, 1.82) is 0 Å². The molecule has 1 heterocycles. The second kappa shape index (κ2) is 6.03. The molecule has 1 aliphatic heterocycles. The van der Waals surface area contributed by atoms with Gasteiger partial charge in [-0.1, -0.05) is 22.0 Å². The molecule has 0 aliphatic carbocycles. The first-order valence-corrected chi connectivity index (χ1v) is 7.05. The van der Waals surface area contributed by atoms with Crippen LogP contribution in [0.4, 0.5) is 0 Å². The first-order chi connectivity index (χ1) is 9.01. The number of β-amino-alcohol motifs (C(OH)–C–C–N with tert-alkyl or cyclic N) is 1. The van der Waals surface area contributed by atoms with Gasteiger partial charge in [-0.05, 0) is 30.2 Å². The van der Waals surface area contributed by atoms with Gasteiger partial charge in [-0.25, -0.2) is 0 Å². The van der Waals surface area contributed by atoms with Gasteiger partial charge in [0.05, 0.1) is 13.2 Å². The van der Waals surface area contributed by atoms with Crippen LogP contribution < -0.4 is 0 Å². The Hall–Kier alpha value is -0.910. The molecule has 0 amide bonds. The predicted molar refractivity (Wildman–Crippen MR) is 75.7 cm³/mol. The summed E-state index contributed by atoms with van der Waals surface area (Å²) in [6.45, 7) is 3.20. The number of nitrogens with zero attached hydrogens (tertiary/aromatic N) is 1. The van der Waals surface area contributed by atoms with Crippen LogP contribution in [-0.4, -0.2) is 41.8 Å². The van der Waals surface area contributed by atoms with Gasteiger partial charge in [0.25, 0.3) is 0 Å². The molecule has 2 atom stereocenters. The summed E-state index contributed by atoms with van der Waals surface area (Å²) in [5.41, 5.74) is 2.32. The third kappa shape index (κ3) is 3.35. The molecule has 0 bridgehead atoms. The SMILES string of the molecule is COC(=O)[C@H]1C[C@H](O)CN1Cc1ccc(Br)cc1C. The molecule has 1 aliphatic rings. The van der Waals surface area contributed by atoms with E-state index in [9.17, 15) is 9.90 Å². The lowest BCUT2D eigenvalue weighted by molar-refractivity contribution is -0.146. The fourth-order valence-electron chi connectivity index (χ4n) is 2.49. The number of esters is 1. The van der Waals surface area contributed by atoms with Crippen molar-refractivity contribution < 1.29 is 14.6 Å². The summed E-state index contributed by atoms with van der Waals surface area (Å²) in [6, 6.07) is 5.73. The van der Waals surface area contributed by atoms with Crippen LogP contribution in [0.1, 0.15) is 17.5 Å². The number of likely N-dealkylation sites (tertiary alicyclic amines) is 1. The van der Waals surface area contributed by atoms with Crippen LogP contribution in [0.15, 0.2) is 22.7 Å². The lowest BCUT2D eigenvalue weighted by Gasteiger charge is -2.22. The Morgan fingerprint density at radius 3 is 2.95 bits per heavy atom. The minimum Gasteiger partial charge on any atom is -0.468 e. The molecule has 4 nitrogen and oxygen atoms in total. The fourth-order valence-corrected chi connectivity index (χ4v) is 2.97. The molecule has 1 N–H and O–H groups in total. The lowest BCUT2D eigenvalue weighted by atomic mass is 10.1. The zero-order chi connectivity index (χ0) is 14.0. The van der Waals surface area contributed by atoms with Gasteiger partial charge in [0.1, 0.15) is 6.04 Å². The maximum atomic E-state index is 11.7. The quantitative estimate of drug-likeness (QED) is 0.861. The topological polar surface area (TPSA) is 49.8 Å². The lowest BCUT2D eigenvalue weighted by Crippen LogP contribution is -2.36. The van der Waals surface area contributed by atoms with Crippen molar-refractivity contribution in [3.8, 4) is 0 Å². The van der Waals surface area contributed by atoms with Gasteiger partial charge < -0.3 is 9.84 Å². The standard InChI is InChI=1S/C14H18BrNO3/c1-9-5-11(15)4-3-10(9)7-16-8-12(17)6-13(16)14(18)19-2/h3-5,12-13,17H,6-8H2,1-2H3/t12-,13+/m0/s1. The molecular weight excluding hydrogens is 310 g/mol. The molecule has 0 unspecified atom stereocenters. The van der Waals surface area contributed by atoms with E-state index in [1.165, 1.54) is 12.7 Å². The molecule has 0 saturated carbocycles. The van der Waals surface area contributed by atoms with E-state index < -0.39 is 6.10 Å². The molecule has 1 aromatic carbocycles. The minimum atomic E-state index is -0.458. The van der Waals surface area contributed by atoms with Gasteiger partial charge in [0.15, 0.2) is 0 Å². The highest BCUT2D eigenvalue weighted by Gasteiger charge is 2.36. The van der Waals surface area contributed by atoms with Crippen LogP contribution >= 0.6 is 15.9 Å². The molecule has 0 aromatic heterocycles. The van der Waals surface area contributed by atoms with Crippen LogP contribution in [0.2, 0.25) is 0 Å². The van der Waals surface area contributed by atoms with Crippen LogP contribution in [0.3, 0.4) is 0 Å². The first-order valence-electron chi connectivity index (χ1n) is 6.26. The van der Waals surface area contributed by atoms with Crippen LogP contribution in [-0.2, 0) is 16.1 Å². The maximum Gasteiger partial charge on any atom is 0.323 e. The summed E-state index contributed by atoms with van der Waals surface area (Å²) < 4.78 is 5.84. The Balaban J connectivity index is 2.14. The number of methoxy groups -OCH3 is 1. The van der Waals surface area contributed by atoms with E-state index in [4.69, 9.17) is 4.74 Å². The number of aryl methyl sites for hydroxylation is 1. The number of hydrogen-bond donors (Lipinski definition) is 1. The number of ether oxygens (including phenoxy) is 1. The van der Waals surface area contributed by atoms with Crippen LogP contribution in [0, 0.1) is 6.92 Å². The van der Waals surface area contributed by atoms with Gasteiger partial charge >= 0.3 is 5.97 Å². The van der Waals surface area contributed by atoms with E-state index in [0.717, 1.165) is 10.0 Å². The Morgan fingerprint density at radius 1 is 1.58 bits per heavy atom. The third-order valence-electron chi connectivity index (χ3n) is 3.53. The fraction of sp³-hybridized carbons (Fsp3) is 0.500. The largest absolute Gasteiger partial charge is 0.468 e. The number of carbonyl (C=O) groups is 1. The summed E-state index contributed by atoms with van der Waals surface area (Å²) >= 11 is 3.44. The smallest absolute Gasteiger partial charge is 0.323 e. The molecule has 1 saturated heterocycles.